The smallest absolute Gasteiger partial charge is 0.219 e. The van der Waals surface area contributed by atoms with Crippen LogP contribution in [0.15, 0.2) is 78.9 Å². The lowest BCUT2D eigenvalue weighted by molar-refractivity contribution is -0.0104. The molecule has 0 saturated heterocycles. The normalized spacial score (nSPS) is 17.5. The molecule has 1 aliphatic rings. The number of rotatable bonds is 5. The molecule has 4 aromatic rings. The highest BCUT2D eigenvalue weighted by Crippen LogP contribution is 2.37. The predicted molar refractivity (Wildman–Crippen MR) is 116 cm³/mol. The number of para-hydroxylation sites is 1. The molecule has 0 amide bonds. The number of pyridine rings is 1. The van der Waals surface area contributed by atoms with E-state index in [4.69, 9.17) is 18.9 Å². The van der Waals surface area contributed by atoms with Crippen molar-refractivity contribution in [1.82, 2.24) is 4.98 Å². The zero-order valence-electron chi connectivity index (χ0n) is 16.9. The van der Waals surface area contributed by atoms with Crippen molar-refractivity contribution in [2.75, 3.05) is 13.7 Å². The van der Waals surface area contributed by atoms with Gasteiger partial charge in [-0.1, -0.05) is 18.2 Å². The molecule has 1 aliphatic heterocycles. The SMILES string of the molecule is COc1ccc(O[C@@H]2COc3ccc(Oc4ccc5ccccc5n4)cc3[C@@H]2O)cc1. The van der Waals surface area contributed by atoms with Crippen molar-refractivity contribution < 1.29 is 24.1 Å². The Labute approximate surface area is 179 Å². The van der Waals surface area contributed by atoms with Crippen LogP contribution in [0.5, 0.6) is 28.9 Å². The number of benzene rings is 3. The second kappa shape index (κ2) is 8.16. The molecular formula is C25H21NO5. The Morgan fingerprint density at radius 3 is 2.52 bits per heavy atom. The maximum absolute atomic E-state index is 10.9. The molecule has 3 aromatic carbocycles. The number of aliphatic hydroxyl groups is 1. The minimum atomic E-state index is -0.862. The van der Waals surface area contributed by atoms with Crippen molar-refractivity contribution in [2.45, 2.75) is 12.2 Å². The number of aromatic nitrogens is 1. The van der Waals surface area contributed by atoms with Crippen LogP contribution in [0.25, 0.3) is 10.9 Å². The third-order valence-corrected chi connectivity index (χ3v) is 5.20. The number of methoxy groups -OCH3 is 1. The summed E-state index contributed by atoms with van der Waals surface area (Å²) >= 11 is 0. The molecule has 6 nitrogen and oxygen atoms in total. The Morgan fingerprint density at radius 1 is 0.903 bits per heavy atom. The molecule has 2 atom stereocenters. The molecule has 31 heavy (non-hydrogen) atoms. The van der Waals surface area contributed by atoms with Crippen molar-refractivity contribution in [1.29, 1.82) is 0 Å². The molecule has 156 valence electrons. The molecular weight excluding hydrogens is 394 g/mol. The first-order valence-corrected chi connectivity index (χ1v) is 9.99. The first-order valence-electron chi connectivity index (χ1n) is 9.99. The van der Waals surface area contributed by atoms with Gasteiger partial charge in [0.15, 0.2) is 6.10 Å². The second-order valence-electron chi connectivity index (χ2n) is 7.23. The van der Waals surface area contributed by atoms with Crippen molar-refractivity contribution >= 4 is 10.9 Å². The van der Waals surface area contributed by atoms with Crippen LogP contribution in [-0.2, 0) is 0 Å². The minimum Gasteiger partial charge on any atom is -0.497 e. The van der Waals surface area contributed by atoms with Gasteiger partial charge < -0.3 is 24.1 Å². The number of ether oxygens (including phenoxy) is 4. The highest BCUT2D eigenvalue weighted by atomic mass is 16.5. The van der Waals surface area contributed by atoms with Crippen molar-refractivity contribution in [3.05, 3.63) is 84.4 Å². The lowest BCUT2D eigenvalue weighted by atomic mass is 10.0. The molecule has 0 unspecified atom stereocenters. The van der Waals surface area contributed by atoms with Crippen molar-refractivity contribution in [3.8, 4) is 28.9 Å². The third-order valence-electron chi connectivity index (χ3n) is 5.20. The lowest BCUT2D eigenvalue weighted by Crippen LogP contribution is -2.35. The average Bonchev–Trinajstić information content (AvgIpc) is 2.81. The van der Waals surface area contributed by atoms with E-state index >= 15 is 0 Å². The summed E-state index contributed by atoms with van der Waals surface area (Å²) in [5.41, 5.74) is 1.47. The predicted octanol–water partition coefficient (Wildman–Crippen LogP) is 4.91. The topological polar surface area (TPSA) is 70.0 Å². The zero-order chi connectivity index (χ0) is 21.2. The van der Waals surface area contributed by atoms with Crippen LogP contribution >= 0.6 is 0 Å². The molecule has 0 fully saturated rings. The van der Waals surface area contributed by atoms with E-state index in [2.05, 4.69) is 4.98 Å². The van der Waals surface area contributed by atoms with Crippen LogP contribution in [0.3, 0.4) is 0 Å². The first kappa shape index (κ1) is 19.2. The highest BCUT2D eigenvalue weighted by molar-refractivity contribution is 5.78. The summed E-state index contributed by atoms with van der Waals surface area (Å²) in [6, 6.07) is 24.2. The van der Waals surface area contributed by atoms with E-state index in [0.717, 1.165) is 16.7 Å². The van der Waals surface area contributed by atoms with E-state index in [1.807, 2.05) is 48.5 Å². The number of aliphatic hydroxyl groups excluding tert-OH is 1. The van der Waals surface area contributed by atoms with Crippen molar-refractivity contribution in [3.63, 3.8) is 0 Å². The molecule has 6 heteroatoms. The van der Waals surface area contributed by atoms with Crippen LogP contribution < -0.4 is 18.9 Å². The molecule has 1 N–H and O–H groups in total. The summed E-state index contributed by atoms with van der Waals surface area (Å²) in [6.45, 7) is 0.243. The van der Waals surface area contributed by atoms with E-state index in [9.17, 15) is 5.11 Å². The molecule has 0 radical (unpaired) electrons. The van der Waals surface area contributed by atoms with Crippen LogP contribution in [0.1, 0.15) is 11.7 Å². The molecule has 0 spiro atoms. The van der Waals surface area contributed by atoms with E-state index in [0.29, 0.717) is 28.7 Å². The molecule has 1 aromatic heterocycles. The fourth-order valence-corrected chi connectivity index (χ4v) is 3.57. The third kappa shape index (κ3) is 3.98. The van der Waals surface area contributed by atoms with Gasteiger partial charge >= 0.3 is 0 Å². The number of hydrogen-bond donors (Lipinski definition) is 1. The van der Waals surface area contributed by atoms with Gasteiger partial charge in [0.2, 0.25) is 5.88 Å². The summed E-state index contributed by atoms with van der Waals surface area (Å²) in [7, 11) is 1.61. The largest absolute Gasteiger partial charge is 0.497 e. The fraction of sp³-hybridized carbons (Fsp3) is 0.160. The Morgan fingerprint density at radius 2 is 1.68 bits per heavy atom. The lowest BCUT2D eigenvalue weighted by Gasteiger charge is -2.30. The van der Waals surface area contributed by atoms with Gasteiger partial charge in [0.05, 0.1) is 12.6 Å². The standard InChI is InChI=1S/C25H21NO5/c1-28-17-7-9-18(10-8-17)30-23-15-29-22-12-11-19(14-20(22)25(23)27)31-24-13-6-16-4-2-3-5-21(16)26-24/h2-14,23,25,27H,15H2,1H3/t23-,25+/m1/s1. The van der Waals surface area contributed by atoms with E-state index in [1.165, 1.54) is 0 Å². The molecule has 0 saturated carbocycles. The van der Waals surface area contributed by atoms with Gasteiger partial charge in [-0.2, -0.15) is 0 Å². The van der Waals surface area contributed by atoms with Gasteiger partial charge in [0.25, 0.3) is 0 Å². The summed E-state index contributed by atoms with van der Waals surface area (Å²) < 4.78 is 22.9. The quantitative estimate of drug-likeness (QED) is 0.500. The summed E-state index contributed by atoms with van der Waals surface area (Å²) in [4.78, 5) is 4.54. The van der Waals surface area contributed by atoms with Crippen LogP contribution in [0.4, 0.5) is 0 Å². The molecule has 0 bridgehead atoms. The van der Waals surface area contributed by atoms with E-state index in [-0.39, 0.29) is 6.61 Å². The van der Waals surface area contributed by atoms with Crippen molar-refractivity contribution in [2.24, 2.45) is 0 Å². The maximum atomic E-state index is 10.9. The Bertz CT molecular complexity index is 1210. The van der Waals surface area contributed by atoms with Crippen LogP contribution in [0, 0.1) is 0 Å². The second-order valence-corrected chi connectivity index (χ2v) is 7.23. The zero-order valence-corrected chi connectivity index (χ0v) is 16.9. The monoisotopic (exact) mass is 415 g/mol. The highest BCUT2D eigenvalue weighted by Gasteiger charge is 2.31. The number of hydrogen-bond acceptors (Lipinski definition) is 6. The fourth-order valence-electron chi connectivity index (χ4n) is 3.57. The van der Waals surface area contributed by atoms with Crippen LogP contribution in [-0.4, -0.2) is 29.9 Å². The summed E-state index contributed by atoms with van der Waals surface area (Å²) in [5.74, 6) is 3.03. The van der Waals surface area contributed by atoms with E-state index < -0.39 is 12.2 Å². The van der Waals surface area contributed by atoms with E-state index in [1.54, 1.807) is 37.4 Å². The Balaban J connectivity index is 1.35. The van der Waals surface area contributed by atoms with Gasteiger partial charge in [0, 0.05) is 17.0 Å². The first-order chi connectivity index (χ1) is 15.2. The van der Waals surface area contributed by atoms with Crippen LogP contribution in [0.2, 0.25) is 0 Å². The van der Waals surface area contributed by atoms with Gasteiger partial charge in [-0.15, -0.1) is 0 Å². The minimum absolute atomic E-state index is 0.243. The van der Waals surface area contributed by atoms with Gasteiger partial charge in [-0.05, 0) is 54.6 Å². The Kier molecular flexibility index (Phi) is 5.06. The van der Waals surface area contributed by atoms with Gasteiger partial charge in [-0.25, -0.2) is 4.98 Å². The van der Waals surface area contributed by atoms with Gasteiger partial charge in [-0.3, -0.25) is 0 Å². The molecule has 5 rings (SSSR count). The maximum Gasteiger partial charge on any atom is 0.219 e. The summed E-state index contributed by atoms with van der Waals surface area (Å²) in [5, 5.41) is 12.0. The number of nitrogens with zero attached hydrogens (tertiary/aromatic N) is 1. The average molecular weight is 415 g/mol. The molecule has 0 aliphatic carbocycles. The summed E-state index contributed by atoms with van der Waals surface area (Å²) in [6.07, 6.45) is -1.41. The number of fused-ring (bicyclic) bond motifs is 2. The molecule has 2 heterocycles. The van der Waals surface area contributed by atoms with Gasteiger partial charge in [0.1, 0.15) is 35.7 Å². The Hall–Kier alpha value is -3.77.